The summed E-state index contributed by atoms with van der Waals surface area (Å²) in [4.78, 5) is 16.2. The van der Waals surface area contributed by atoms with Crippen LogP contribution in [0.15, 0.2) is 22.7 Å². The van der Waals surface area contributed by atoms with E-state index in [2.05, 4.69) is 27.9 Å². The molecule has 0 unspecified atom stereocenters. The van der Waals surface area contributed by atoms with Crippen molar-refractivity contribution in [3.8, 4) is 0 Å². The summed E-state index contributed by atoms with van der Waals surface area (Å²) in [6.45, 7) is 3.37. The van der Waals surface area contributed by atoms with Gasteiger partial charge in [-0.15, -0.1) is 0 Å². The Balaban J connectivity index is 1.98. The van der Waals surface area contributed by atoms with Crippen LogP contribution < -0.4 is 0 Å². The fourth-order valence-electron chi connectivity index (χ4n) is 2.00. The lowest BCUT2D eigenvalue weighted by atomic mass is 10.1. The maximum atomic E-state index is 13.0. The number of carbonyl (C=O) groups is 1. The van der Waals surface area contributed by atoms with Crippen molar-refractivity contribution in [2.24, 2.45) is 0 Å². The van der Waals surface area contributed by atoms with Crippen LogP contribution in [0.1, 0.15) is 5.56 Å². The number of hydrogen-bond donors (Lipinski definition) is 0. The molecule has 1 aromatic rings. The van der Waals surface area contributed by atoms with Crippen molar-refractivity contribution in [3.63, 3.8) is 0 Å². The van der Waals surface area contributed by atoms with E-state index in [0.29, 0.717) is 10.9 Å². The Hall–Kier alpha value is -0.940. The number of amides is 1. The Morgan fingerprint density at radius 3 is 2.61 bits per heavy atom. The van der Waals surface area contributed by atoms with Crippen molar-refractivity contribution in [1.29, 1.82) is 0 Å². The van der Waals surface area contributed by atoms with Gasteiger partial charge in [-0.25, -0.2) is 4.39 Å². The third-order valence-corrected chi connectivity index (χ3v) is 3.95. The Labute approximate surface area is 115 Å². The summed E-state index contributed by atoms with van der Waals surface area (Å²) in [5.74, 6) is -0.187. The van der Waals surface area contributed by atoms with E-state index < -0.39 is 0 Å². The van der Waals surface area contributed by atoms with Crippen molar-refractivity contribution >= 4 is 21.8 Å². The molecule has 0 atom stereocenters. The Morgan fingerprint density at radius 1 is 1.33 bits per heavy atom. The van der Waals surface area contributed by atoms with Gasteiger partial charge in [0.15, 0.2) is 0 Å². The summed E-state index contributed by atoms with van der Waals surface area (Å²) in [5.41, 5.74) is 0.834. The van der Waals surface area contributed by atoms with Crippen LogP contribution in [-0.4, -0.2) is 48.9 Å². The zero-order valence-corrected chi connectivity index (χ0v) is 11.9. The van der Waals surface area contributed by atoms with Crippen molar-refractivity contribution in [1.82, 2.24) is 9.80 Å². The first-order valence-electron chi connectivity index (χ1n) is 5.96. The van der Waals surface area contributed by atoms with Crippen molar-refractivity contribution in [2.45, 2.75) is 6.42 Å². The van der Waals surface area contributed by atoms with Gasteiger partial charge in [0.05, 0.1) is 6.42 Å². The molecule has 0 spiro atoms. The highest BCUT2D eigenvalue weighted by molar-refractivity contribution is 9.10. The van der Waals surface area contributed by atoms with Crippen LogP contribution in [0.25, 0.3) is 0 Å². The number of piperazine rings is 1. The highest BCUT2D eigenvalue weighted by Gasteiger charge is 2.19. The minimum Gasteiger partial charge on any atom is -0.340 e. The zero-order chi connectivity index (χ0) is 13.1. The fraction of sp³-hybridized carbons (Fsp3) is 0.462. The normalized spacial score (nSPS) is 16.9. The first-order valence-corrected chi connectivity index (χ1v) is 6.76. The van der Waals surface area contributed by atoms with E-state index in [9.17, 15) is 9.18 Å². The van der Waals surface area contributed by atoms with E-state index in [1.54, 1.807) is 6.07 Å². The average molecular weight is 315 g/mol. The van der Waals surface area contributed by atoms with Crippen LogP contribution in [0.2, 0.25) is 0 Å². The Kier molecular flexibility index (Phi) is 4.35. The third kappa shape index (κ3) is 3.29. The summed E-state index contributed by atoms with van der Waals surface area (Å²) < 4.78 is 13.6. The summed E-state index contributed by atoms with van der Waals surface area (Å²) in [6.07, 6.45) is 0.324. The van der Waals surface area contributed by atoms with Crippen LogP contribution in [0.5, 0.6) is 0 Å². The monoisotopic (exact) mass is 314 g/mol. The minimum atomic E-state index is -0.294. The molecule has 0 aliphatic carbocycles. The van der Waals surface area contributed by atoms with Crippen molar-refractivity contribution in [3.05, 3.63) is 34.1 Å². The van der Waals surface area contributed by atoms with Crippen LogP contribution in [-0.2, 0) is 11.2 Å². The predicted octanol–water partition coefficient (Wildman–Crippen LogP) is 1.90. The first-order chi connectivity index (χ1) is 8.56. The van der Waals surface area contributed by atoms with Gasteiger partial charge in [0, 0.05) is 30.7 Å². The SMILES string of the molecule is CN1CCN(C(=O)Cc2ccc(F)cc2Br)CC1. The standard InChI is InChI=1S/C13H16BrFN2O/c1-16-4-6-17(7-5-16)13(18)8-10-2-3-11(15)9-12(10)14/h2-3,9H,4-8H2,1H3. The van der Waals surface area contributed by atoms with Crippen LogP contribution in [0, 0.1) is 5.82 Å². The molecule has 1 amide bonds. The summed E-state index contributed by atoms with van der Waals surface area (Å²) >= 11 is 3.29. The number of halogens is 2. The summed E-state index contributed by atoms with van der Waals surface area (Å²) in [6, 6.07) is 4.44. The zero-order valence-electron chi connectivity index (χ0n) is 10.3. The van der Waals surface area contributed by atoms with Gasteiger partial charge in [-0.05, 0) is 24.7 Å². The lowest BCUT2D eigenvalue weighted by Crippen LogP contribution is -2.47. The molecule has 0 N–H and O–H groups in total. The van der Waals surface area contributed by atoms with Gasteiger partial charge < -0.3 is 9.80 Å². The minimum absolute atomic E-state index is 0.107. The molecule has 98 valence electrons. The molecule has 0 saturated carbocycles. The van der Waals surface area contributed by atoms with E-state index in [1.165, 1.54) is 12.1 Å². The highest BCUT2D eigenvalue weighted by atomic mass is 79.9. The summed E-state index contributed by atoms with van der Waals surface area (Å²) in [7, 11) is 2.05. The number of nitrogens with zero attached hydrogens (tertiary/aromatic N) is 2. The first kappa shape index (κ1) is 13.5. The largest absolute Gasteiger partial charge is 0.340 e. The van der Waals surface area contributed by atoms with E-state index in [4.69, 9.17) is 0 Å². The maximum Gasteiger partial charge on any atom is 0.227 e. The number of rotatable bonds is 2. The topological polar surface area (TPSA) is 23.6 Å². The average Bonchev–Trinajstić information content (AvgIpc) is 2.33. The molecule has 1 heterocycles. The van der Waals surface area contributed by atoms with Crippen LogP contribution >= 0.6 is 15.9 Å². The molecule has 1 aromatic carbocycles. The third-order valence-electron chi connectivity index (χ3n) is 3.21. The fourth-order valence-corrected chi connectivity index (χ4v) is 2.49. The Morgan fingerprint density at radius 2 is 2.00 bits per heavy atom. The van der Waals surface area contributed by atoms with Gasteiger partial charge in [0.2, 0.25) is 5.91 Å². The second-order valence-electron chi connectivity index (χ2n) is 4.60. The molecule has 18 heavy (non-hydrogen) atoms. The molecule has 1 fully saturated rings. The van der Waals surface area contributed by atoms with Gasteiger partial charge in [-0.1, -0.05) is 22.0 Å². The van der Waals surface area contributed by atoms with E-state index in [1.807, 2.05) is 4.90 Å². The summed E-state index contributed by atoms with van der Waals surface area (Å²) in [5, 5.41) is 0. The molecule has 0 aromatic heterocycles. The lowest BCUT2D eigenvalue weighted by Gasteiger charge is -2.32. The molecule has 1 aliphatic heterocycles. The Bertz CT molecular complexity index is 445. The molecular weight excluding hydrogens is 299 g/mol. The predicted molar refractivity (Wildman–Crippen MR) is 71.9 cm³/mol. The van der Waals surface area contributed by atoms with Crippen molar-refractivity contribution < 1.29 is 9.18 Å². The van der Waals surface area contributed by atoms with Gasteiger partial charge in [0.25, 0.3) is 0 Å². The number of hydrogen-bond acceptors (Lipinski definition) is 2. The number of carbonyl (C=O) groups excluding carboxylic acids is 1. The molecule has 0 radical (unpaired) electrons. The van der Waals surface area contributed by atoms with Gasteiger partial charge >= 0.3 is 0 Å². The van der Waals surface area contributed by atoms with Gasteiger partial charge in [-0.3, -0.25) is 4.79 Å². The van der Waals surface area contributed by atoms with E-state index in [0.717, 1.165) is 31.7 Å². The molecule has 5 heteroatoms. The number of likely N-dealkylation sites (N-methyl/N-ethyl adjacent to an activating group) is 1. The molecule has 1 aliphatic rings. The quantitative estimate of drug-likeness (QED) is 0.832. The molecule has 0 bridgehead atoms. The smallest absolute Gasteiger partial charge is 0.227 e. The maximum absolute atomic E-state index is 13.0. The van der Waals surface area contributed by atoms with Crippen LogP contribution in [0.3, 0.4) is 0 Å². The molecule has 3 nitrogen and oxygen atoms in total. The number of benzene rings is 1. The molecule has 2 rings (SSSR count). The second kappa shape index (κ2) is 5.80. The van der Waals surface area contributed by atoms with Gasteiger partial charge in [0.1, 0.15) is 5.82 Å². The second-order valence-corrected chi connectivity index (χ2v) is 5.45. The lowest BCUT2D eigenvalue weighted by molar-refractivity contribution is -0.132. The van der Waals surface area contributed by atoms with Gasteiger partial charge in [-0.2, -0.15) is 0 Å². The van der Waals surface area contributed by atoms with E-state index >= 15 is 0 Å². The van der Waals surface area contributed by atoms with Crippen LogP contribution in [0.4, 0.5) is 4.39 Å². The van der Waals surface area contributed by atoms with E-state index in [-0.39, 0.29) is 11.7 Å². The molecule has 1 saturated heterocycles. The highest BCUT2D eigenvalue weighted by Crippen LogP contribution is 2.19. The van der Waals surface area contributed by atoms with Crippen molar-refractivity contribution in [2.75, 3.05) is 33.2 Å². The molecular formula is C13H16BrFN2O.